The number of benzene rings is 1. The van der Waals surface area contributed by atoms with Crippen molar-refractivity contribution in [3.05, 3.63) is 29.8 Å². The van der Waals surface area contributed by atoms with Crippen molar-refractivity contribution in [1.29, 1.82) is 0 Å². The third-order valence-corrected chi connectivity index (χ3v) is 13.5. The molecule has 2 unspecified atom stereocenters. The first-order valence-electron chi connectivity index (χ1n) is 25.1. The topological polar surface area (TPSA) is 185 Å². The number of aliphatic carboxylic acids is 2. The van der Waals surface area contributed by atoms with Crippen molar-refractivity contribution in [2.24, 2.45) is 5.92 Å². The third-order valence-electron chi connectivity index (χ3n) is 11.5. The van der Waals surface area contributed by atoms with Gasteiger partial charge in [-0.1, -0.05) is 175 Å². The Labute approximate surface area is 401 Å². The van der Waals surface area contributed by atoms with Gasteiger partial charge in [0, 0.05) is 47.9 Å². The zero-order valence-corrected chi connectivity index (χ0v) is 42.0. The maximum Gasteiger partial charge on any atom is 0.326 e. The molecule has 0 radical (unpaired) electrons. The van der Waals surface area contributed by atoms with Gasteiger partial charge in [-0.25, -0.2) is 4.79 Å². The first-order valence-corrected chi connectivity index (χ1v) is 26.7. The number of esters is 2. The van der Waals surface area contributed by atoms with Crippen LogP contribution in [0.25, 0.3) is 0 Å². The normalized spacial score (nSPS) is 13.0. The van der Waals surface area contributed by atoms with Gasteiger partial charge in [-0.15, -0.1) is 12.6 Å². The fourth-order valence-electron chi connectivity index (χ4n) is 7.41. The molecule has 0 aliphatic carbocycles. The van der Waals surface area contributed by atoms with Gasteiger partial charge in [-0.2, -0.15) is 11.8 Å². The summed E-state index contributed by atoms with van der Waals surface area (Å²) in [7, 11) is 0. The van der Waals surface area contributed by atoms with Crippen LogP contribution in [0.15, 0.2) is 24.3 Å². The van der Waals surface area contributed by atoms with Crippen molar-refractivity contribution < 1.29 is 48.5 Å². The second kappa shape index (κ2) is 38.8. The highest BCUT2D eigenvalue weighted by atomic mass is 32.2. The molecule has 3 atom stereocenters. The lowest BCUT2D eigenvalue weighted by Crippen LogP contribution is -2.41. The monoisotopic (exact) mass is 951 g/mol. The maximum absolute atomic E-state index is 13.1. The van der Waals surface area contributed by atoms with Gasteiger partial charge in [0.05, 0.1) is 0 Å². The number of anilines is 1. The average Bonchev–Trinajstić information content (AvgIpc) is 3.27. The molecule has 0 aliphatic heterocycles. The van der Waals surface area contributed by atoms with E-state index >= 15 is 0 Å². The van der Waals surface area contributed by atoms with Crippen LogP contribution in [0.1, 0.15) is 224 Å². The Kier molecular flexibility index (Phi) is 35.7. The van der Waals surface area contributed by atoms with E-state index in [1.54, 1.807) is 6.92 Å². The molecule has 4 N–H and O–H groups in total. The highest BCUT2D eigenvalue weighted by molar-refractivity contribution is 8.00. The Hall–Kier alpha value is -3.26. The summed E-state index contributed by atoms with van der Waals surface area (Å²) < 4.78 is 11.5. The highest BCUT2D eigenvalue weighted by Gasteiger charge is 2.33. The predicted octanol–water partition coefficient (Wildman–Crippen LogP) is 12.7. The van der Waals surface area contributed by atoms with Gasteiger partial charge >= 0.3 is 23.9 Å². The number of thiol groups is 1. The maximum atomic E-state index is 13.1. The van der Waals surface area contributed by atoms with E-state index in [0.29, 0.717) is 24.3 Å². The minimum Gasteiger partial charge on any atom is -0.481 e. The van der Waals surface area contributed by atoms with Crippen molar-refractivity contribution in [3.63, 3.8) is 0 Å². The second-order valence-electron chi connectivity index (χ2n) is 17.8. The van der Waals surface area contributed by atoms with Crippen LogP contribution in [0.2, 0.25) is 0 Å². The molecular formula is C51H86N2O10S2. The van der Waals surface area contributed by atoms with E-state index in [-0.39, 0.29) is 42.6 Å². The second-order valence-corrected chi connectivity index (χ2v) is 19.7. The van der Waals surface area contributed by atoms with E-state index in [1.807, 2.05) is 0 Å². The van der Waals surface area contributed by atoms with E-state index in [0.717, 1.165) is 38.5 Å². The van der Waals surface area contributed by atoms with Crippen LogP contribution in [0.3, 0.4) is 0 Å². The van der Waals surface area contributed by atoms with E-state index in [2.05, 4.69) is 24.5 Å². The minimum atomic E-state index is -1.37. The summed E-state index contributed by atoms with van der Waals surface area (Å²) in [5.74, 6) is -4.15. The molecule has 0 heterocycles. The van der Waals surface area contributed by atoms with Crippen LogP contribution in [0, 0.1) is 5.92 Å². The lowest BCUT2D eigenvalue weighted by Gasteiger charge is -2.28. The number of carbonyl (C=O) groups is 6. The molecule has 12 nitrogen and oxygen atoms in total. The number of thioether (sulfide) groups is 1. The summed E-state index contributed by atoms with van der Waals surface area (Å²) in [6, 6.07) is 4.54. The van der Waals surface area contributed by atoms with Crippen LogP contribution in [0.4, 0.5) is 5.69 Å². The quantitative estimate of drug-likeness (QED) is 0.0182. The zero-order chi connectivity index (χ0) is 48.0. The summed E-state index contributed by atoms with van der Waals surface area (Å²) >= 11 is 6.11. The fraction of sp³-hybridized carbons (Fsp3) is 0.765. The number of hydrogen-bond donors (Lipinski definition) is 5. The van der Waals surface area contributed by atoms with Crippen LogP contribution in [-0.2, 0) is 33.4 Å². The van der Waals surface area contributed by atoms with Gasteiger partial charge in [0.15, 0.2) is 4.93 Å². The molecule has 0 spiro atoms. The lowest BCUT2D eigenvalue weighted by atomic mass is 10.0. The van der Waals surface area contributed by atoms with E-state index < -0.39 is 47.1 Å². The molecule has 372 valence electrons. The number of carboxylic acid groups (broad SMARTS) is 2. The summed E-state index contributed by atoms with van der Waals surface area (Å²) in [5.41, 5.74) is 0.567. The molecule has 0 aromatic heterocycles. The molecule has 65 heavy (non-hydrogen) atoms. The largest absolute Gasteiger partial charge is 0.481 e. The first-order chi connectivity index (χ1) is 31.3. The van der Waals surface area contributed by atoms with Crippen LogP contribution >= 0.6 is 24.4 Å². The Morgan fingerprint density at radius 2 is 1.06 bits per heavy atom. The van der Waals surface area contributed by atoms with Crippen molar-refractivity contribution in [2.75, 3.05) is 23.4 Å². The van der Waals surface area contributed by atoms with Crippen LogP contribution < -0.4 is 10.6 Å². The summed E-state index contributed by atoms with van der Waals surface area (Å²) in [6.07, 6.45) is 31.3. The first kappa shape index (κ1) is 59.8. The van der Waals surface area contributed by atoms with Crippen LogP contribution in [-0.4, -0.2) is 75.0 Å². The molecule has 1 aromatic rings. The number of unbranched alkanes of at least 4 members (excludes halogenated alkanes) is 24. The van der Waals surface area contributed by atoms with Crippen molar-refractivity contribution in [2.45, 2.75) is 224 Å². The van der Waals surface area contributed by atoms with Crippen molar-refractivity contribution in [1.82, 2.24) is 5.32 Å². The molecule has 14 heteroatoms. The lowest BCUT2D eigenvalue weighted by molar-refractivity contribution is -0.160. The summed E-state index contributed by atoms with van der Waals surface area (Å²) in [6.45, 7) is 6.04. The van der Waals surface area contributed by atoms with Crippen molar-refractivity contribution >= 4 is 65.8 Å². The fourth-order valence-corrected chi connectivity index (χ4v) is 8.94. The number of ether oxygens (including phenoxy) is 2. The Balaban J connectivity index is 2.61. The third kappa shape index (κ3) is 33.0. The van der Waals surface area contributed by atoms with Crippen LogP contribution in [0.5, 0.6) is 0 Å². The smallest absolute Gasteiger partial charge is 0.326 e. The van der Waals surface area contributed by atoms with Gasteiger partial charge in [0.25, 0.3) is 5.91 Å². The molecule has 0 saturated carbocycles. The summed E-state index contributed by atoms with van der Waals surface area (Å²) in [4.78, 5) is 72.5. The standard InChI is InChI=1S/C51H86N2O10S2/c1-4-6-8-10-12-14-16-18-20-22-24-26-28-30-46(56)62-39-51(64,63-47(57)31-29-27-25-23-21-19-17-15-13-11-9-7-5-2)40-65-38-41(3)48(58)52-43-34-32-42(33-35-43)49(59)53-44(50(60)61)36-37-45(54)55/h32-35,41,44,64H,4-31,36-40H2,1-3H3,(H,52,58)(H,53,59)(H,54,55)(H,60,61)/t41?,44?,51-/m0/s1. The predicted molar refractivity (Wildman–Crippen MR) is 267 cm³/mol. The Morgan fingerprint density at radius 3 is 1.49 bits per heavy atom. The molecule has 2 amide bonds. The van der Waals surface area contributed by atoms with Gasteiger partial charge < -0.3 is 30.3 Å². The molecular weight excluding hydrogens is 865 g/mol. The van der Waals surface area contributed by atoms with Gasteiger partial charge in [-0.05, 0) is 43.5 Å². The van der Waals surface area contributed by atoms with E-state index in [4.69, 9.17) is 27.2 Å². The number of nitrogens with one attached hydrogen (secondary N) is 2. The summed E-state index contributed by atoms with van der Waals surface area (Å²) in [5, 5.41) is 23.4. The number of carboxylic acids is 2. The number of amides is 2. The van der Waals surface area contributed by atoms with Gasteiger partial charge in [0.2, 0.25) is 5.91 Å². The van der Waals surface area contributed by atoms with E-state index in [9.17, 15) is 33.9 Å². The zero-order valence-electron chi connectivity index (χ0n) is 40.3. The van der Waals surface area contributed by atoms with E-state index in [1.165, 1.54) is 158 Å². The average molecular weight is 951 g/mol. The molecule has 0 bridgehead atoms. The van der Waals surface area contributed by atoms with Gasteiger partial charge in [-0.3, -0.25) is 24.0 Å². The Bertz CT molecular complexity index is 1460. The number of carbonyl (C=O) groups excluding carboxylic acids is 4. The molecule has 1 rings (SSSR count). The molecule has 0 saturated heterocycles. The number of hydrogen-bond acceptors (Lipinski definition) is 10. The Morgan fingerprint density at radius 1 is 0.631 bits per heavy atom. The molecule has 0 fully saturated rings. The van der Waals surface area contributed by atoms with Crippen molar-refractivity contribution in [3.8, 4) is 0 Å². The molecule has 1 aromatic carbocycles. The SMILES string of the molecule is CCCCCCCCCCCCCCCC(=O)OC[C@](S)(CSCC(C)C(=O)Nc1ccc(C(=O)NC(CCC(=O)O)C(=O)O)cc1)OC(=O)CCCCCCCCCCCCCCC. The molecule has 0 aliphatic rings. The number of rotatable bonds is 43. The highest BCUT2D eigenvalue weighted by Crippen LogP contribution is 2.27. The minimum absolute atomic E-state index is 0.145. The van der Waals surface area contributed by atoms with Gasteiger partial charge in [0.1, 0.15) is 12.6 Å².